The molecule has 8 heteroatoms. The van der Waals surface area contributed by atoms with Crippen molar-refractivity contribution in [3.05, 3.63) is 0 Å². The van der Waals surface area contributed by atoms with Gasteiger partial charge in [0.15, 0.2) is 23.8 Å². The summed E-state index contributed by atoms with van der Waals surface area (Å²) >= 11 is 0. The summed E-state index contributed by atoms with van der Waals surface area (Å²) < 4.78 is 8.90. The summed E-state index contributed by atoms with van der Waals surface area (Å²) in [4.78, 5) is 44.0. The Morgan fingerprint density at radius 1 is 0.889 bits per heavy atom. The smallest absolute Gasteiger partial charge is 0.450 e. The highest BCUT2D eigenvalue weighted by atomic mass is 16.7. The first-order chi connectivity index (χ1) is 8.40. The molecule has 18 heavy (non-hydrogen) atoms. The highest BCUT2D eigenvalue weighted by Gasteiger charge is 2.56. The summed E-state index contributed by atoms with van der Waals surface area (Å²) in [7, 11) is 0. The second-order valence-corrected chi connectivity index (χ2v) is 4.28. The van der Waals surface area contributed by atoms with Crippen LogP contribution in [0.25, 0.3) is 0 Å². The number of ketones is 2. The van der Waals surface area contributed by atoms with Crippen LogP contribution < -0.4 is 0 Å². The first kappa shape index (κ1) is 12.3. The largest absolute Gasteiger partial charge is 0.506 e. The van der Waals surface area contributed by atoms with Crippen molar-refractivity contribution in [2.75, 3.05) is 0 Å². The summed E-state index contributed by atoms with van der Waals surface area (Å²) in [6.07, 6.45) is -5.79. The molecule has 0 aliphatic heterocycles. The number of ether oxygens (including phenoxy) is 2. The van der Waals surface area contributed by atoms with Crippen molar-refractivity contribution in [3.8, 4) is 0 Å². The molecule has 0 aromatic heterocycles. The van der Waals surface area contributed by atoms with E-state index < -0.39 is 47.9 Å². The number of rotatable bonds is 2. The number of Topliss-reactive ketones (excluding diaryl/α,β-unsaturated/α-hetero) is 2. The topological polar surface area (TPSA) is 127 Å². The Labute approximate surface area is 100 Å². The molecule has 0 aromatic rings. The van der Waals surface area contributed by atoms with Crippen LogP contribution in [0, 0.1) is 11.8 Å². The maximum Gasteiger partial charge on any atom is 0.506 e. The third kappa shape index (κ3) is 2.01. The Hall–Kier alpha value is -2.12. The van der Waals surface area contributed by atoms with Gasteiger partial charge in [0.2, 0.25) is 0 Å². The minimum atomic E-state index is -1.59. The number of fused-ring (bicyclic) bond motifs is 1. The van der Waals surface area contributed by atoms with E-state index in [4.69, 9.17) is 10.2 Å². The number of carboxylic acid groups (broad SMARTS) is 2. The summed E-state index contributed by atoms with van der Waals surface area (Å²) in [5.41, 5.74) is 0. The van der Waals surface area contributed by atoms with E-state index in [0.717, 1.165) is 0 Å². The van der Waals surface area contributed by atoms with Crippen molar-refractivity contribution in [1.82, 2.24) is 0 Å². The molecule has 0 aromatic carbocycles. The third-order valence-corrected chi connectivity index (χ3v) is 3.29. The van der Waals surface area contributed by atoms with E-state index in [0.29, 0.717) is 0 Å². The van der Waals surface area contributed by atoms with Crippen LogP contribution in [0.2, 0.25) is 0 Å². The average Bonchev–Trinajstić information content (AvgIpc) is 2.67. The molecule has 0 heterocycles. The molecule has 4 atom stereocenters. The highest BCUT2D eigenvalue weighted by molar-refractivity contribution is 5.95. The molecule has 0 spiro atoms. The van der Waals surface area contributed by atoms with Crippen LogP contribution in [0.1, 0.15) is 12.8 Å². The Balaban J connectivity index is 2.16. The predicted molar refractivity (Wildman–Crippen MR) is 52.0 cm³/mol. The Bertz CT molecular complexity index is 388. The van der Waals surface area contributed by atoms with Crippen LogP contribution in [0.3, 0.4) is 0 Å². The number of carbonyl (C=O) groups excluding carboxylic acids is 2. The van der Waals surface area contributed by atoms with E-state index in [9.17, 15) is 19.2 Å². The van der Waals surface area contributed by atoms with Gasteiger partial charge >= 0.3 is 12.3 Å². The highest BCUT2D eigenvalue weighted by Crippen LogP contribution is 2.43. The van der Waals surface area contributed by atoms with Crippen LogP contribution in [-0.4, -0.2) is 46.3 Å². The van der Waals surface area contributed by atoms with E-state index in [1.54, 1.807) is 0 Å². The van der Waals surface area contributed by atoms with Crippen molar-refractivity contribution in [2.45, 2.75) is 25.0 Å². The second kappa shape index (κ2) is 4.28. The lowest BCUT2D eigenvalue weighted by Crippen LogP contribution is -2.28. The number of carbonyl (C=O) groups is 4. The van der Waals surface area contributed by atoms with Gasteiger partial charge in [-0.2, -0.15) is 0 Å². The molecule has 2 N–H and O–H groups in total. The molecule has 8 nitrogen and oxygen atoms in total. The monoisotopic (exact) mass is 258 g/mol. The Morgan fingerprint density at radius 3 is 1.50 bits per heavy atom. The van der Waals surface area contributed by atoms with Crippen LogP contribution in [0.4, 0.5) is 9.59 Å². The Kier molecular flexibility index (Phi) is 2.93. The first-order valence-electron chi connectivity index (χ1n) is 5.24. The third-order valence-electron chi connectivity index (χ3n) is 3.29. The van der Waals surface area contributed by atoms with E-state index >= 15 is 0 Å². The normalized spacial score (nSPS) is 34.2. The number of hydrogen-bond acceptors (Lipinski definition) is 6. The summed E-state index contributed by atoms with van der Waals surface area (Å²) in [6.45, 7) is 0. The molecule has 2 saturated carbocycles. The molecule has 0 bridgehead atoms. The summed E-state index contributed by atoms with van der Waals surface area (Å²) in [6, 6.07) is 0. The van der Waals surface area contributed by atoms with Gasteiger partial charge in [0.25, 0.3) is 0 Å². The van der Waals surface area contributed by atoms with E-state index in [1.165, 1.54) is 0 Å². The molecule has 2 rings (SSSR count). The SMILES string of the molecule is O=C(O)OC1C(=O)CC2C(OC(=O)O)C(=O)CC12. The average molecular weight is 258 g/mol. The van der Waals surface area contributed by atoms with Gasteiger partial charge in [-0.25, -0.2) is 9.59 Å². The van der Waals surface area contributed by atoms with Crippen LogP contribution >= 0.6 is 0 Å². The lowest BCUT2D eigenvalue weighted by Gasteiger charge is -2.16. The van der Waals surface area contributed by atoms with Crippen LogP contribution in [-0.2, 0) is 19.1 Å². The van der Waals surface area contributed by atoms with Crippen molar-refractivity contribution in [3.63, 3.8) is 0 Å². The molecule has 2 aliphatic rings. The maximum atomic E-state index is 11.6. The summed E-state index contributed by atoms with van der Waals surface area (Å²) in [5.74, 6) is -2.13. The molecule has 2 fully saturated rings. The lowest BCUT2D eigenvalue weighted by atomic mass is 9.98. The molecule has 4 unspecified atom stereocenters. The Morgan fingerprint density at radius 2 is 1.22 bits per heavy atom. The fraction of sp³-hybridized carbons (Fsp3) is 0.600. The fourth-order valence-electron chi connectivity index (χ4n) is 2.66. The zero-order valence-corrected chi connectivity index (χ0v) is 9.07. The van der Waals surface area contributed by atoms with Crippen molar-refractivity contribution in [1.29, 1.82) is 0 Å². The lowest BCUT2D eigenvalue weighted by molar-refractivity contribution is -0.130. The van der Waals surface area contributed by atoms with Crippen molar-refractivity contribution in [2.24, 2.45) is 11.8 Å². The fourth-order valence-corrected chi connectivity index (χ4v) is 2.66. The van der Waals surface area contributed by atoms with Gasteiger partial charge < -0.3 is 19.7 Å². The van der Waals surface area contributed by atoms with Gasteiger partial charge in [-0.3, -0.25) is 9.59 Å². The molecule has 0 radical (unpaired) electrons. The number of hydrogen-bond donors (Lipinski definition) is 2. The minimum absolute atomic E-state index is 0.105. The molecule has 98 valence electrons. The van der Waals surface area contributed by atoms with Gasteiger partial charge in [0.1, 0.15) is 0 Å². The van der Waals surface area contributed by atoms with Gasteiger partial charge in [0, 0.05) is 24.7 Å². The van der Waals surface area contributed by atoms with E-state index in [1.807, 2.05) is 0 Å². The van der Waals surface area contributed by atoms with Gasteiger partial charge in [0.05, 0.1) is 0 Å². The van der Waals surface area contributed by atoms with Gasteiger partial charge in [-0.15, -0.1) is 0 Å². The standard InChI is InChI=1S/C10H10O8/c11-5-1-3-4(8(5)18-10(15)16)2-6(12)7(3)17-9(13)14/h3-4,7-8H,1-2H2,(H,13,14)(H,15,16). The van der Waals surface area contributed by atoms with Gasteiger partial charge in [-0.1, -0.05) is 0 Å². The zero-order valence-electron chi connectivity index (χ0n) is 9.07. The molecule has 0 saturated heterocycles. The molecular weight excluding hydrogens is 248 g/mol. The van der Waals surface area contributed by atoms with Gasteiger partial charge in [-0.05, 0) is 0 Å². The van der Waals surface area contributed by atoms with E-state index in [-0.39, 0.29) is 12.8 Å². The van der Waals surface area contributed by atoms with E-state index in [2.05, 4.69) is 9.47 Å². The van der Waals surface area contributed by atoms with Crippen LogP contribution in [0.15, 0.2) is 0 Å². The molecular formula is C10H10O8. The molecule has 2 aliphatic carbocycles. The van der Waals surface area contributed by atoms with Crippen LogP contribution in [0.5, 0.6) is 0 Å². The van der Waals surface area contributed by atoms with Crippen molar-refractivity contribution >= 4 is 23.9 Å². The van der Waals surface area contributed by atoms with Crippen molar-refractivity contribution < 1.29 is 38.9 Å². The predicted octanol–water partition coefficient (Wildman–Crippen LogP) is 0.291. The first-order valence-corrected chi connectivity index (χ1v) is 5.24. The second-order valence-electron chi connectivity index (χ2n) is 4.28. The molecule has 0 amide bonds. The quantitative estimate of drug-likeness (QED) is 0.676. The minimum Gasteiger partial charge on any atom is -0.450 e. The summed E-state index contributed by atoms with van der Waals surface area (Å²) in [5, 5.41) is 17.0. The zero-order chi connectivity index (χ0) is 13.4. The maximum absolute atomic E-state index is 11.6.